The summed E-state index contributed by atoms with van der Waals surface area (Å²) in [7, 11) is 0. The first-order valence-electron chi connectivity index (χ1n) is 5.96. The Morgan fingerprint density at radius 2 is 2.00 bits per heavy atom. The Balaban J connectivity index is 1.79. The van der Waals surface area contributed by atoms with E-state index in [4.69, 9.17) is 0 Å². The molecule has 0 spiro atoms. The Labute approximate surface area is 114 Å². The van der Waals surface area contributed by atoms with Gasteiger partial charge in [0, 0.05) is 36.0 Å². The normalized spacial score (nSPS) is 13.1. The Morgan fingerprint density at radius 1 is 1.25 bits per heavy atom. The number of nitro groups is 1. The average Bonchev–Trinajstić information content (AvgIpc) is 2.90. The molecule has 1 aliphatic rings. The maximum absolute atomic E-state index is 12.3. The van der Waals surface area contributed by atoms with Crippen LogP contribution in [-0.2, 0) is 13.1 Å². The van der Waals surface area contributed by atoms with Gasteiger partial charge in [-0.25, -0.2) is 9.97 Å². The van der Waals surface area contributed by atoms with Crippen LogP contribution in [0, 0.1) is 10.1 Å². The van der Waals surface area contributed by atoms with Crippen molar-refractivity contribution in [1.82, 2.24) is 14.9 Å². The second-order valence-electron chi connectivity index (χ2n) is 4.46. The maximum Gasteiger partial charge on any atom is 0.269 e. The van der Waals surface area contributed by atoms with E-state index in [-0.39, 0.29) is 11.6 Å². The van der Waals surface area contributed by atoms with Crippen LogP contribution in [0.4, 0.5) is 5.69 Å². The Hall–Kier alpha value is -2.83. The van der Waals surface area contributed by atoms with Crippen LogP contribution in [0.3, 0.4) is 0 Å². The number of hydrogen-bond acceptors (Lipinski definition) is 5. The van der Waals surface area contributed by atoms with E-state index in [2.05, 4.69) is 9.97 Å². The average molecular weight is 270 g/mol. The molecule has 0 bridgehead atoms. The van der Waals surface area contributed by atoms with Gasteiger partial charge < -0.3 is 4.90 Å². The lowest BCUT2D eigenvalue weighted by atomic mass is 10.2. The maximum atomic E-state index is 12.3. The van der Waals surface area contributed by atoms with Gasteiger partial charge in [-0.2, -0.15) is 0 Å². The second-order valence-corrected chi connectivity index (χ2v) is 4.46. The topological polar surface area (TPSA) is 89.2 Å². The van der Waals surface area contributed by atoms with E-state index >= 15 is 0 Å². The van der Waals surface area contributed by atoms with E-state index in [1.807, 2.05) is 0 Å². The SMILES string of the molecule is O=C(c1ccc([N+](=O)[O-])cc1)N1Cc2cncnc2C1. The fraction of sp³-hybridized carbons (Fsp3) is 0.154. The smallest absolute Gasteiger partial charge is 0.269 e. The number of nitrogens with zero attached hydrogens (tertiary/aromatic N) is 4. The first-order chi connectivity index (χ1) is 9.65. The molecule has 7 nitrogen and oxygen atoms in total. The van der Waals surface area contributed by atoms with Gasteiger partial charge in [-0.1, -0.05) is 0 Å². The molecule has 1 aliphatic heterocycles. The third kappa shape index (κ3) is 2.09. The van der Waals surface area contributed by atoms with Gasteiger partial charge >= 0.3 is 0 Å². The number of non-ortho nitro benzene ring substituents is 1. The summed E-state index contributed by atoms with van der Waals surface area (Å²) in [6, 6.07) is 5.59. The van der Waals surface area contributed by atoms with Crippen LogP contribution in [0.2, 0.25) is 0 Å². The van der Waals surface area contributed by atoms with Crippen molar-refractivity contribution >= 4 is 11.6 Å². The molecule has 0 N–H and O–H groups in total. The zero-order valence-corrected chi connectivity index (χ0v) is 10.4. The number of carbonyl (C=O) groups excluding carboxylic acids is 1. The lowest BCUT2D eigenvalue weighted by Crippen LogP contribution is -2.25. The highest BCUT2D eigenvalue weighted by atomic mass is 16.6. The lowest BCUT2D eigenvalue weighted by molar-refractivity contribution is -0.384. The summed E-state index contributed by atoms with van der Waals surface area (Å²) >= 11 is 0. The van der Waals surface area contributed by atoms with Crippen LogP contribution >= 0.6 is 0 Å². The van der Waals surface area contributed by atoms with Crippen LogP contribution in [0.15, 0.2) is 36.8 Å². The molecule has 0 unspecified atom stereocenters. The fourth-order valence-corrected chi connectivity index (χ4v) is 2.15. The minimum atomic E-state index is -0.491. The number of carbonyl (C=O) groups is 1. The number of hydrogen-bond donors (Lipinski definition) is 0. The predicted octanol–water partition coefficient (Wildman–Crippen LogP) is 1.54. The molecule has 20 heavy (non-hydrogen) atoms. The molecule has 7 heteroatoms. The lowest BCUT2D eigenvalue weighted by Gasteiger charge is -2.14. The van der Waals surface area contributed by atoms with Crippen molar-refractivity contribution in [2.75, 3.05) is 0 Å². The van der Waals surface area contributed by atoms with Gasteiger partial charge in [0.25, 0.3) is 11.6 Å². The van der Waals surface area contributed by atoms with Crippen molar-refractivity contribution in [3.05, 3.63) is 63.7 Å². The minimum absolute atomic E-state index is 0.0304. The Kier molecular flexibility index (Phi) is 2.86. The van der Waals surface area contributed by atoms with Gasteiger partial charge in [-0.3, -0.25) is 14.9 Å². The molecule has 3 rings (SSSR count). The van der Waals surface area contributed by atoms with Gasteiger partial charge in [0.05, 0.1) is 17.2 Å². The van der Waals surface area contributed by atoms with Crippen molar-refractivity contribution in [3.63, 3.8) is 0 Å². The van der Waals surface area contributed by atoms with E-state index < -0.39 is 4.92 Å². The number of fused-ring (bicyclic) bond motifs is 1. The molecule has 0 saturated carbocycles. The molecule has 0 radical (unpaired) electrons. The Morgan fingerprint density at radius 3 is 2.65 bits per heavy atom. The molecule has 100 valence electrons. The molecule has 0 aliphatic carbocycles. The highest BCUT2D eigenvalue weighted by Gasteiger charge is 2.25. The minimum Gasteiger partial charge on any atom is -0.328 e. The molecule has 0 saturated heterocycles. The number of nitro benzene ring substituents is 1. The van der Waals surface area contributed by atoms with Crippen LogP contribution in [-0.4, -0.2) is 25.7 Å². The van der Waals surface area contributed by atoms with Crippen LogP contribution in [0.1, 0.15) is 21.6 Å². The first kappa shape index (κ1) is 12.2. The first-order valence-corrected chi connectivity index (χ1v) is 5.96. The molecule has 0 atom stereocenters. The van der Waals surface area contributed by atoms with Crippen molar-refractivity contribution < 1.29 is 9.72 Å². The zero-order chi connectivity index (χ0) is 14.1. The number of aromatic nitrogens is 2. The number of rotatable bonds is 2. The van der Waals surface area contributed by atoms with E-state index in [0.29, 0.717) is 18.7 Å². The van der Waals surface area contributed by atoms with Crippen LogP contribution in [0.25, 0.3) is 0 Å². The third-order valence-electron chi connectivity index (χ3n) is 3.20. The summed E-state index contributed by atoms with van der Waals surface area (Å²) in [5, 5.41) is 10.6. The van der Waals surface area contributed by atoms with E-state index in [0.717, 1.165) is 11.3 Å². The molecule has 0 fully saturated rings. The molecular weight excluding hydrogens is 260 g/mol. The van der Waals surface area contributed by atoms with Gasteiger partial charge in [0.2, 0.25) is 0 Å². The number of amides is 1. The summed E-state index contributed by atoms with van der Waals surface area (Å²) in [5.74, 6) is -0.169. The highest BCUT2D eigenvalue weighted by molar-refractivity contribution is 5.94. The molecule has 1 aromatic heterocycles. The molecule has 1 amide bonds. The van der Waals surface area contributed by atoms with E-state index in [9.17, 15) is 14.9 Å². The van der Waals surface area contributed by atoms with E-state index in [1.54, 1.807) is 11.1 Å². The third-order valence-corrected chi connectivity index (χ3v) is 3.20. The van der Waals surface area contributed by atoms with Crippen LogP contribution in [0.5, 0.6) is 0 Å². The van der Waals surface area contributed by atoms with Gasteiger partial charge in [-0.05, 0) is 12.1 Å². The second kappa shape index (κ2) is 4.69. The predicted molar refractivity (Wildman–Crippen MR) is 68.7 cm³/mol. The standard InChI is InChI=1S/C13H10N4O3/c18-13(9-1-3-11(4-2-9)17(19)20)16-6-10-5-14-8-15-12(10)7-16/h1-5,8H,6-7H2. The number of benzene rings is 1. The quantitative estimate of drug-likeness (QED) is 0.610. The van der Waals surface area contributed by atoms with Crippen molar-refractivity contribution in [2.45, 2.75) is 13.1 Å². The summed E-state index contributed by atoms with van der Waals surface area (Å²) in [4.78, 5) is 32.1. The highest BCUT2D eigenvalue weighted by Crippen LogP contribution is 2.22. The molecule has 2 aromatic rings. The van der Waals surface area contributed by atoms with E-state index in [1.165, 1.54) is 30.6 Å². The van der Waals surface area contributed by atoms with Gasteiger partial charge in [0.1, 0.15) is 6.33 Å². The summed E-state index contributed by atoms with van der Waals surface area (Å²) in [6.07, 6.45) is 3.16. The summed E-state index contributed by atoms with van der Waals surface area (Å²) in [5.41, 5.74) is 2.17. The van der Waals surface area contributed by atoms with Crippen LogP contribution < -0.4 is 0 Å². The largest absolute Gasteiger partial charge is 0.328 e. The fourth-order valence-electron chi connectivity index (χ4n) is 2.15. The van der Waals surface area contributed by atoms with Gasteiger partial charge in [0.15, 0.2) is 0 Å². The van der Waals surface area contributed by atoms with Gasteiger partial charge in [-0.15, -0.1) is 0 Å². The molecule has 2 heterocycles. The molecular formula is C13H10N4O3. The monoisotopic (exact) mass is 270 g/mol. The zero-order valence-electron chi connectivity index (χ0n) is 10.4. The molecule has 1 aromatic carbocycles. The summed E-state index contributed by atoms with van der Waals surface area (Å²) in [6.45, 7) is 0.902. The summed E-state index contributed by atoms with van der Waals surface area (Å²) < 4.78 is 0. The van der Waals surface area contributed by atoms with Crippen molar-refractivity contribution in [2.24, 2.45) is 0 Å². The Bertz CT molecular complexity index is 659. The van der Waals surface area contributed by atoms with Crippen molar-refractivity contribution in [3.8, 4) is 0 Å². The van der Waals surface area contributed by atoms with Crippen molar-refractivity contribution in [1.29, 1.82) is 0 Å².